The third kappa shape index (κ3) is 4.13. The third-order valence-electron chi connectivity index (χ3n) is 2.48. The second-order valence-corrected chi connectivity index (χ2v) is 5.94. The molecule has 0 spiro atoms. The van der Waals surface area contributed by atoms with Crippen LogP contribution in [0.2, 0.25) is 0 Å². The molecule has 0 aliphatic carbocycles. The van der Waals surface area contributed by atoms with Crippen molar-refractivity contribution in [1.82, 2.24) is 14.9 Å². The standard InChI is InChI=1S/C13H14N4O3S/c1-10-5-12(17-20-10)8-16-21(18,19)13-6-11(3-2-4-14)7-15-9-13/h5-7,9,16H,4,8,14H2,1H3. The molecule has 0 aromatic carbocycles. The van der Waals surface area contributed by atoms with E-state index in [1.54, 1.807) is 13.0 Å². The molecule has 0 aliphatic rings. The van der Waals surface area contributed by atoms with Gasteiger partial charge in [0.25, 0.3) is 0 Å². The lowest BCUT2D eigenvalue weighted by Crippen LogP contribution is -2.23. The topological polar surface area (TPSA) is 111 Å². The molecule has 0 atom stereocenters. The van der Waals surface area contributed by atoms with Crippen molar-refractivity contribution in [2.75, 3.05) is 6.54 Å². The van der Waals surface area contributed by atoms with Crippen LogP contribution < -0.4 is 10.5 Å². The molecule has 2 heterocycles. The number of aryl methyl sites for hydroxylation is 1. The van der Waals surface area contributed by atoms with E-state index in [9.17, 15) is 8.42 Å². The minimum Gasteiger partial charge on any atom is -0.361 e. The second kappa shape index (κ2) is 6.49. The van der Waals surface area contributed by atoms with Crippen LogP contribution in [-0.4, -0.2) is 25.1 Å². The van der Waals surface area contributed by atoms with Gasteiger partial charge in [0.1, 0.15) is 10.7 Å². The van der Waals surface area contributed by atoms with Gasteiger partial charge in [-0.05, 0) is 13.0 Å². The van der Waals surface area contributed by atoms with E-state index in [-0.39, 0.29) is 18.0 Å². The Balaban J connectivity index is 2.15. The normalized spacial score (nSPS) is 11.0. The van der Waals surface area contributed by atoms with E-state index in [0.717, 1.165) is 0 Å². The summed E-state index contributed by atoms with van der Waals surface area (Å²) in [6.07, 6.45) is 2.73. The van der Waals surface area contributed by atoms with E-state index >= 15 is 0 Å². The molecular formula is C13H14N4O3S. The molecule has 0 fully saturated rings. The number of nitrogens with one attached hydrogen (secondary N) is 1. The fourth-order valence-corrected chi connectivity index (χ4v) is 2.53. The van der Waals surface area contributed by atoms with Crippen molar-refractivity contribution < 1.29 is 12.9 Å². The average molecular weight is 306 g/mol. The highest BCUT2D eigenvalue weighted by Gasteiger charge is 2.15. The summed E-state index contributed by atoms with van der Waals surface area (Å²) < 4.78 is 31.6. The highest BCUT2D eigenvalue weighted by molar-refractivity contribution is 7.89. The Morgan fingerprint density at radius 2 is 2.19 bits per heavy atom. The predicted octanol–water partition coefficient (Wildman–Crippen LogP) is 0.167. The molecule has 3 N–H and O–H groups in total. The molecule has 0 unspecified atom stereocenters. The van der Waals surface area contributed by atoms with Crippen molar-refractivity contribution in [2.45, 2.75) is 18.4 Å². The van der Waals surface area contributed by atoms with Gasteiger partial charge in [-0.15, -0.1) is 0 Å². The fourth-order valence-electron chi connectivity index (χ4n) is 1.54. The lowest BCUT2D eigenvalue weighted by molar-refractivity contribution is 0.390. The van der Waals surface area contributed by atoms with Crippen LogP contribution in [0.3, 0.4) is 0 Å². The molecule has 0 bridgehead atoms. The summed E-state index contributed by atoms with van der Waals surface area (Å²) in [6, 6.07) is 3.09. The van der Waals surface area contributed by atoms with Gasteiger partial charge in [-0.3, -0.25) is 4.98 Å². The van der Waals surface area contributed by atoms with Gasteiger partial charge in [0.2, 0.25) is 10.0 Å². The van der Waals surface area contributed by atoms with E-state index in [1.165, 1.54) is 18.5 Å². The summed E-state index contributed by atoms with van der Waals surface area (Å²) in [6.45, 7) is 1.97. The van der Waals surface area contributed by atoms with Crippen LogP contribution in [0.5, 0.6) is 0 Å². The Hall–Kier alpha value is -2.21. The molecule has 2 rings (SSSR count). The summed E-state index contributed by atoms with van der Waals surface area (Å²) in [4.78, 5) is 3.90. The maximum absolute atomic E-state index is 12.2. The molecule has 110 valence electrons. The van der Waals surface area contributed by atoms with E-state index in [0.29, 0.717) is 17.0 Å². The van der Waals surface area contributed by atoms with Crippen LogP contribution in [0.4, 0.5) is 0 Å². The summed E-state index contributed by atoms with van der Waals surface area (Å²) in [5, 5.41) is 3.72. The van der Waals surface area contributed by atoms with Crippen LogP contribution in [0, 0.1) is 18.8 Å². The molecule has 8 heteroatoms. The minimum atomic E-state index is -3.69. The van der Waals surface area contributed by atoms with Crippen LogP contribution in [-0.2, 0) is 16.6 Å². The number of nitrogens with two attached hydrogens (primary N) is 1. The maximum atomic E-state index is 12.2. The summed E-state index contributed by atoms with van der Waals surface area (Å²) in [5.74, 6) is 6.00. The first-order chi connectivity index (χ1) is 10.0. The van der Waals surface area contributed by atoms with Gasteiger partial charge in [0.15, 0.2) is 0 Å². The number of nitrogens with zero attached hydrogens (tertiary/aromatic N) is 2. The van der Waals surface area contributed by atoms with E-state index < -0.39 is 10.0 Å². The molecule has 0 saturated carbocycles. The Morgan fingerprint density at radius 1 is 1.38 bits per heavy atom. The number of hydrogen-bond donors (Lipinski definition) is 2. The number of pyridine rings is 1. The molecular weight excluding hydrogens is 292 g/mol. The van der Waals surface area contributed by atoms with Crippen LogP contribution in [0.1, 0.15) is 17.0 Å². The number of aromatic nitrogens is 2. The Kier molecular flexibility index (Phi) is 4.70. The van der Waals surface area contributed by atoms with Crippen molar-refractivity contribution in [3.05, 3.63) is 41.5 Å². The Morgan fingerprint density at radius 3 is 2.86 bits per heavy atom. The van der Waals surface area contributed by atoms with Gasteiger partial charge in [-0.1, -0.05) is 17.0 Å². The number of hydrogen-bond acceptors (Lipinski definition) is 6. The SMILES string of the molecule is Cc1cc(CNS(=O)(=O)c2cncc(C#CCN)c2)no1. The van der Waals surface area contributed by atoms with Gasteiger partial charge in [0.05, 0.1) is 18.8 Å². The van der Waals surface area contributed by atoms with Crippen molar-refractivity contribution in [1.29, 1.82) is 0 Å². The smallest absolute Gasteiger partial charge is 0.242 e. The minimum absolute atomic E-state index is 0.0338. The van der Waals surface area contributed by atoms with Crippen molar-refractivity contribution in [3.8, 4) is 11.8 Å². The molecule has 0 saturated heterocycles. The zero-order valence-electron chi connectivity index (χ0n) is 11.3. The van der Waals surface area contributed by atoms with Crippen LogP contribution in [0.25, 0.3) is 0 Å². The average Bonchev–Trinajstić information content (AvgIpc) is 2.89. The third-order valence-corrected chi connectivity index (χ3v) is 3.85. The van der Waals surface area contributed by atoms with Gasteiger partial charge < -0.3 is 10.3 Å². The van der Waals surface area contributed by atoms with Crippen molar-refractivity contribution in [3.63, 3.8) is 0 Å². The van der Waals surface area contributed by atoms with E-state index in [4.69, 9.17) is 10.3 Å². The van der Waals surface area contributed by atoms with E-state index in [1.807, 2.05) is 0 Å². The highest BCUT2D eigenvalue weighted by Crippen LogP contribution is 2.10. The molecule has 0 amide bonds. The van der Waals surface area contributed by atoms with Crippen molar-refractivity contribution in [2.24, 2.45) is 5.73 Å². The Bertz CT molecular complexity index is 787. The van der Waals surface area contributed by atoms with Crippen molar-refractivity contribution >= 4 is 10.0 Å². The summed E-state index contributed by atoms with van der Waals surface area (Å²) >= 11 is 0. The predicted molar refractivity (Wildman–Crippen MR) is 75.4 cm³/mol. The fraction of sp³-hybridized carbons (Fsp3) is 0.231. The number of sulfonamides is 1. The highest BCUT2D eigenvalue weighted by atomic mass is 32.2. The molecule has 21 heavy (non-hydrogen) atoms. The monoisotopic (exact) mass is 306 g/mol. The molecule has 2 aromatic heterocycles. The van der Waals surface area contributed by atoms with Gasteiger partial charge in [-0.25, -0.2) is 13.1 Å². The zero-order chi connectivity index (χ0) is 15.3. The van der Waals surface area contributed by atoms with Gasteiger partial charge >= 0.3 is 0 Å². The lowest BCUT2D eigenvalue weighted by atomic mass is 10.3. The molecule has 0 aliphatic heterocycles. The lowest BCUT2D eigenvalue weighted by Gasteiger charge is -2.04. The molecule has 0 radical (unpaired) electrons. The Labute approximate surface area is 122 Å². The quantitative estimate of drug-likeness (QED) is 0.779. The number of rotatable bonds is 4. The van der Waals surface area contributed by atoms with E-state index in [2.05, 4.69) is 26.7 Å². The first-order valence-electron chi connectivity index (χ1n) is 6.07. The second-order valence-electron chi connectivity index (χ2n) is 4.17. The van der Waals surface area contributed by atoms with Gasteiger partial charge in [-0.2, -0.15) is 0 Å². The largest absolute Gasteiger partial charge is 0.361 e. The maximum Gasteiger partial charge on any atom is 0.242 e. The zero-order valence-corrected chi connectivity index (χ0v) is 12.1. The first-order valence-corrected chi connectivity index (χ1v) is 7.55. The van der Waals surface area contributed by atoms with Gasteiger partial charge in [0, 0.05) is 24.0 Å². The molecule has 2 aromatic rings. The summed E-state index contributed by atoms with van der Waals surface area (Å²) in [5.41, 5.74) is 6.26. The van der Waals surface area contributed by atoms with Crippen LogP contribution >= 0.6 is 0 Å². The summed E-state index contributed by atoms with van der Waals surface area (Å²) in [7, 11) is -3.69. The molecule has 7 nitrogen and oxygen atoms in total. The van der Waals surface area contributed by atoms with Crippen LogP contribution in [0.15, 0.2) is 33.9 Å². The first kappa shape index (κ1) is 15.2.